The van der Waals surface area contributed by atoms with Crippen LogP contribution in [0.1, 0.15) is 39.9 Å². The van der Waals surface area contributed by atoms with Crippen LogP contribution in [0.2, 0.25) is 0 Å². The highest BCUT2D eigenvalue weighted by Gasteiger charge is 2.25. The number of rotatable bonds is 4. The Kier molecular flexibility index (Phi) is 4.50. The second-order valence-electron chi connectivity index (χ2n) is 6.12. The molecule has 0 spiro atoms. The van der Waals surface area contributed by atoms with Gasteiger partial charge in [-0.25, -0.2) is 4.79 Å². The van der Waals surface area contributed by atoms with Crippen molar-refractivity contribution in [1.29, 1.82) is 0 Å². The van der Waals surface area contributed by atoms with Gasteiger partial charge in [0.15, 0.2) is 0 Å². The topological polar surface area (TPSA) is 46.6 Å². The predicted molar refractivity (Wildman–Crippen MR) is 84.0 cm³/mol. The Bertz CT molecular complexity index is 606. The highest BCUT2D eigenvalue weighted by atomic mass is 35.5. The molecule has 0 radical (unpaired) electrons. The molecule has 0 bridgehead atoms. The van der Waals surface area contributed by atoms with Crippen LogP contribution in [0.25, 0.3) is 0 Å². The molecule has 0 unspecified atom stereocenters. The van der Waals surface area contributed by atoms with Crippen LogP contribution in [-0.2, 0) is 22.6 Å². The van der Waals surface area contributed by atoms with E-state index >= 15 is 0 Å². The van der Waals surface area contributed by atoms with E-state index in [-0.39, 0.29) is 17.1 Å². The van der Waals surface area contributed by atoms with Crippen LogP contribution >= 0.6 is 11.6 Å². The molecule has 118 valence electrons. The summed E-state index contributed by atoms with van der Waals surface area (Å²) in [4.78, 5) is 25.1. The van der Waals surface area contributed by atoms with Gasteiger partial charge in [0, 0.05) is 18.0 Å². The van der Waals surface area contributed by atoms with E-state index in [0.717, 1.165) is 44.5 Å². The Hall–Kier alpha value is -1.39. The molecule has 0 aromatic heterocycles. The molecule has 3 rings (SSSR count). The van der Waals surface area contributed by atoms with Crippen molar-refractivity contribution in [1.82, 2.24) is 4.90 Å². The molecule has 2 aliphatic rings. The Morgan fingerprint density at radius 3 is 2.77 bits per heavy atom. The molecular weight excluding hydrogens is 302 g/mol. The van der Waals surface area contributed by atoms with E-state index in [1.807, 2.05) is 12.1 Å². The maximum absolute atomic E-state index is 11.6. The maximum atomic E-state index is 11.6. The molecule has 0 saturated carbocycles. The average Bonchev–Trinajstić information content (AvgIpc) is 2.89. The number of cyclic esters (lactones) is 1. The SMILES string of the molecule is Cc1c(CCN2CCC(C(=O)Cl)CC2)ccc2c1COC2=O. The molecule has 0 aliphatic carbocycles. The number of halogens is 1. The quantitative estimate of drug-likeness (QED) is 0.632. The number of carbonyl (C=O) groups excluding carboxylic acids is 2. The molecule has 0 atom stereocenters. The van der Waals surface area contributed by atoms with E-state index in [9.17, 15) is 9.59 Å². The Balaban J connectivity index is 1.59. The number of hydrogen-bond donors (Lipinski definition) is 0. The van der Waals surface area contributed by atoms with Gasteiger partial charge in [-0.3, -0.25) is 4.79 Å². The lowest BCUT2D eigenvalue weighted by Crippen LogP contribution is -2.36. The van der Waals surface area contributed by atoms with Crippen LogP contribution in [0, 0.1) is 12.8 Å². The fourth-order valence-electron chi connectivity index (χ4n) is 3.33. The number of ether oxygens (including phenoxy) is 1. The lowest BCUT2D eigenvalue weighted by molar-refractivity contribution is -0.116. The lowest BCUT2D eigenvalue weighted by Gasteiger charge is -2.30. The van der Waals surface area contributed by atoms with E-state index in [4.69, 9.17) is 16.3 Å². The largest absolute Gasteiger partial charge is 0.457 e. The van der Waals surface area contributed by atoms with Gasteiger partial charge in [0.1, 0.15) is 6.61 Å². The van der Waals surface area contributed by atoms with Crippen molar-refractivity contribution >= 4 is 22.8 Å². The monoisotopic (exact) mass is 321 g/mol. The minimum atomic E-state index is -0.211. The summed E-state index contributed by atoms with van der Waals surface area (Å²) >= 11 is 5.57. The summed E-state index contributed by atoms with van der Waals surface area (Å²) in [5, 5.41) is -0.196. The minimum absolute atomic E-state index is 0.0304. The van der Waals surface area contributed by atoms with Gasteiger partial charge in [0.25, 0.3) is 0 Å². The van der Waals surface area contributed by atoms with Crippen molar-refractivity contribution in [3.8, 4) is 0 Å². The van der Waals surface area contributed by atoms with Gasteiger partial charge in [-0.2, -0.15) is 0 Å². The molecule has 2 heterocycles. The van der Waals surface area contributed by atoms with Crippen LogP contribution in [0.15, 0.2) is 12.1 Å². The van der Waals surface area contributed by atoms with Gasteiger partial charge >= 0.3 is 5.97 Å². The normalized spacial score (nSPS) is 19.1. The number of esters is 1. The average molecular weight is 322 g/mol. The summed E-state index contributed by atoms with van der Waals surface area (Å²) in [5.74, 6) is -0.180. The predicted octanol–water partition coefficient (Wildman–Crippen LogP) is 2.69. The third-order valence-electron chi connectivity index (χ3n) is 4.88. The van der Waals surface area contributed by atoms with Crippen molar-refractivity contribution in [3.63, 3.8) is 0 Å². The van der Waals surface area contributed by atoms with Crippen molar-refractivity contribution in [3.05, 3.63) is 34.4 Å². The molecule has 0 amide bonds. The van der Waals surface area contributed by atoms with Crippen LogP contribution in [0.4, 0.5) is 0 Å². The number of benzene rings is 1. The first-order chi connectivity index (χ1) is 10.6. The second-order valence-corrected chi connectivity index (χ2v) is 6.49. The summed E-state index contributed by atoms with van der Waals surface area (Å²) in [6.45, 7) is 5.28. The first-order valence-corrected chi connectivity index (χ1v) is 8.14. The van der Waals surface area contributed by atoms with Crippen molar-refractivity contribution in [2.45, 2.75) is 32.8 Å². The first-order valence-electron chi connectivity index (χ1n) is 7.76. The number of piperidine rings is 1. The molecule has 0 N–H and O–H groups in total. The van der Waals surface area contributed by atoms with Gasteiger partial charge in [-0.05, 0) is 68.1 Å². The molecule has 1 aromatic carbocycles. The number of hydrogen-bond acceptors (Lipinski definition) is 4. The molecular formula is C17H20ClNO3. The number of fused-ring (bicyclic) bond motifs is 1. The number of nitrogens with zero attached hydrogens (tertiary/aromatic N) is 1. The Morgan fingerprint density at radius 1 is 1.36 bits per heavy atom. The number of likely N-dealkylation sites (tertiary alicyclic amines) is 1. The zero-order valence-corrected chi connectivity index (χ0v) is 13.5. The lowest BCUT2D eigenvalue weighted by atomic mass is 9.95. The molecule has 1 saturated heterocycles. The summed E-state index contributed by atoms with van der Waals surface area (Å²) in [7, 11) is 0. The van der Waals surface area contributed by atoms with Crippen molar-refractivity contribution in [2.75, 3.05) is 19.6 Å². The zero-order chi connectivity index (χ0) is 15.7. The standard InChI is InChI=1S/C17H20ClNO3/c1-11-12(2-3-14-15(11)10-22-17(14)21)4-7-19-8-5-13(6-9-19)16(18)20/h2-3,13H,4-10H2,1H3. The third-order valence-corrected chi connectivity index (χ3v) is 5.19. The van der Waals surface area contributed by atoms with Gasteiger partial charge in [-0.1, -0.05) is 6.07 Å². The van der Waals surface area contributed by atoms with Crippen LogP contribution in [0.3, 0.4) is 0 Å². The zero-order valence-electron chi connectivity index (χ0n) is 12.7. The fourth-order valence-corrected chi connectivity index (χ4v) is 3.55. The first kappa shape index (κ1) is 15.5. The summed E-state index contributed by atoms with van der Waals surface area (Å²) < 4.78 is 5.09. The third kappa shape index (κ3) is 3.03. The van der Waals surface area contributed by atoms with Gasteiger partial charge in [0.05, 0.1) is 5.56 Å². The van der Waals surface area contributed by atoms with E-state index in [1.165, 1.54) is 11.1 Å². The molecule has 5 heteroatoms. The number of carbonyl (C=O) groups is 2. The van der Waals surface area contributed by atoms with E-state index in [2.05, 4.69) is 11.8 Å². The van der Waals surface area contributed by atoms with E-state index in [1.54, 1.807) is 0 Å². The summed E-state index contributed by atoms with van der Waals surface area (Å²) in [5.41, 5.74) is 4.19. The Labute approximate surface area is 135 Å². The molecule has 4 nitrogen and oxygen atoms in total. The summed E-state index contributed by atoms with van der Waals surface area (Å²) in [6, 6.07) is 3.92. The van der Waals surface area contributed by atoms with E-state index < -0.39 is 0 Å². The van der Waals surface area contributed by atoms with Gasteiger partial charge in [0.2, 0.25) is 5.24 Å². The minimum Gasteiger partial charge on any atom is -0.457 e. The highest BCUT2D eigenvalue weighted by Crippen LogP contribution is 2.26. The fraction of sp³-hybridized carbons (Fsp3) is 0.529. The van der Waals surface area contributed by atoms with E-state index in [0.29, 0.717) is 12.2 Å². The maximum Gasteiger partial charge on any atom is 0.338 e. The Morgan fingerprint density at radius 2 is 2.09 bits per heavy atom. The van der Waals surface area contributed by atoms with Crippen LogP contribution < -0.4 is 0 Å². The highest BCUT2D eigenvalue weighted by molar-refractivity contribution is 6.63. The van der Waals surface area contributed by atoms with Gasteiger partial charge < -0.3 is 9.64 Å². The molecule has 1 fully saturated rings. The van der Waals surface area contributed by atoms with Crippen molar-refractivity contribution < 1.29 is 14.3 Å². The molecule has 1 aromatic rings. The van der Waals surface area contributed by atoms with Gasteiger partial charge in [-0.15, -0.1) is 0 Å². The summed E-state index contributed by atoms with van der Waals surface area (Å²) in [6.07, 6.45) is 2.66. The smallest absolute Gasteiger partial charge is 0.338 e. The second kappa shape index (κ2) is 6.39. The van der Waals surface area contributed by atoms with Crippen molar-refractivity contribution in [2.24, 2.45) is 5.92 Å². The van der Waals surface area contributed by atoms with Crippen LogP contribution in [0.5, 0.6) is 0 Å². The van der Waals surface area contributed by atoms with Crippen LogP contribution in [-0.4, -0.2) is 35.7 Å². The molecule has 2 aliphatic heterocycles. The molecule has 22 heavy (non-hydrogen) atoms.